The van der Waals surface area contributed by atoms with E-state index in [0.717, 1.165) is 38.7 Å². The van der Waals surface area contributed by atoms with Crippen molar-refractivity contribution in [1.29, 1.82) is 0 Å². The van der Waals surface area contributed by atoms with E-state index in [1.165, 1.54) is 14.2 Å². The molecule has 10 nitrogen and oxygen atoms in total. The van der Waals surface area contributed by atoms with Crippen LogP contribution >= 0.6 is 0 Å². The van der Waals surface area contributed by atoms with Crippen LogP contribution in [0.25, 0.3) is 22.0 Å². The van der Waals surface area contributed by atoms with E-state index < -0.39 is 18.1 Å². The van der Waals surface area contributed by atoms with Crippen molar-refractivity contribution in [3.8, 4) is 22.6 Å². The van der Waals surface area contributed by atoms with Gasteiger partial charge in [0, 0.05) is 48.1 Å². The number of amides is 2. The second kappa shape index (κ2) is 14.1. The Bertz CT molecular complexity index is 1870. The fourth-order valence-corrected chi connectivity index (χ4v) is 5.90. The average Bonchev–Trinajstić information content (AvgIpc) is 3.67. The zero-order valence-corrected chi connectivity index (χ0v) is 26.1. The van der Waals surface area contributed by atoms with Gasteiger partial charge in [0.05, 0.1) is 7.11 Å². The molecule has 0 radical (unpaired) electrons. The van der Waals surface area contributed by atoms with Crippen LogP contribution in [0.2, 0.25) is 0 Å². The second-order valence-corrected chi connectivity index (χ2v) is 11.1. The third-order valence-electron chi connectivity index (χ3n) is 8.30. The van der Waals surface area contributed by atoms with Crippen molar-refractivity contribution in [2.24, 2.45) is 0 Å². The predicted molar refractivity (Wildman–Crippen MR) is 176 cm³/mol. The van der Waals surface area contributed by atoms with Gasteiger partial charge in [0.1, 0.15) is 30.8 Å². The number of aromatic nitrogens is 1. The van der Waals surface area contributed by atoms with Crippen LogP contribution < -0.4 is 20.1 Å². The molecule has 6 rings (SSSR count). The Kier molecular flexibility index (Phi) is 9.38. The maximum absolute atomic E-state index is 13.6. The van der Waals surface area contributed by atoms with E-state index in [-0.39, 0.29) is 38.1 Å². The molecule has 47 heavy (non-hydrogen) atoms. The van der Waals surface area contributed by atoms with Gasteiger partial charge < -0.3 is 34.6 Å². The van der Waals surface area contributed by atoms with Gasteiger partial charge in [-0.15, -0.1) is 0 Å². The number of H-pyrrole nitrogens is 1. The summed E-state index contributed by atoms with van der Waals surface area (Å²) in [6.07, 6.45) is 1.28. The molecule has 240 valence electrons. The van der Waals surface area contributed by atoms with Crippen LogP contribution in [0.5, 0.6) is 11.5 Å². The molecule has 1 aromatic heterocycles. The maximum atomic E-state index is 13.6. The summed E-state index contributed by atoms with van der Waals surface area (Å²) in [6.45, 7) is -0.153. The Morgan fingerprint density at radius 3 is 2.28 bits per heavy atom. The van der Waals surface area contributed by atoms with Crippen LogP contribution in [0, 0.1) is 0 Å². The first kappa shape index (κ1) is 31.2. The molecule has 10 heteroatoms. The van der Waals surface area contributed by atoms with E-state index in [1.807, 2.05) is 66.9 Å². The van der Waals surface area contributed by atoms with Crippen LogP contribution in [0.1, 0.15) is 28.2 Å². The maximum Gasteiger partial charge on any atom is 0.407 e. The van der Waals surface area contributed by atoms with Gasteiger partial charge in [0.2, 0.25) is 0 Å². The van der Waals surface area contributed by atoms with Gasteiger partial charge in [0.15, 0.2) is 6.61 Å². The fourth-order valence-electron chi connectivity index (χ4n) is 5.90. The number of methoxy groups -OCH3 is 1. The summed E-state index contributed by atoms with van der Waals surface area (Å²) in [5, 5.41) is 6.19. The summed E-state index contributed by atoms with van der Waals surface area (Å²) in [4.78, 5) is 41.6. The molecule has 0 aliphatic heterocycles. The number of fused-ring (bicyclic) bond motifs is 4. The highest BCUT2D eigenvalue weighted by Crippen LogP contribution is 2.44. The number of para-hydroxylation sites is 1. The van der Waals surface area contributed by atoms with Gasteiger partial charge >= 0.3 is 12.1 Å². The third-order valence-corrected chi connectivity index (χ3v) is 8.30. The Morgan fingerprint density at radius 1 is 0.851 bits per heavy atom. The Hall–Kier alpha value is -5.77. The number of alkyl carbamates (subject to hydrolysis) is 1. The summed E-state index contributed by atoms with van der Waals surface area (Å²) in [5.41, 5.74) is 6.78. The molecule has 1 atom stereocenters. The molecule has 1 aliphatic carbocycles. The average molecular weight is 634 g/mol. The number of aromatic amines is 1. The van der Waals surface area contributed by atoms with Gasteiger partial charge in [-0.05, 0) is 46.0 Å². The van der Waals surface area contributed by atoms with Gasteiger partial charge in [-0.3, -0.25) is 4.79 Å². The molecule has 2 amide bonds. The van der Waals surface area contributed by atoms with E-state index in [1.54, 1.807) is 18.2 Å². The number of hydrogen-bond acceptors (Lipinski definition) is 7. The molecular formula is C37H35N3O7. The van der Waals surface area contributed by atoms with Crippen LogP contribution in [-0.4, -0.2) is 56.4 Å². The number of carbonyl (C=O) groups excluding carboxylic acids is 3. The largest absolute Gasteiger partial charge is 0.496 e. The lowest BCUT2D eigenvalue weighted by Crippen LogP contribution is -2.43. The highest BCUT2D eigenvalue weighted by atomic mass is 16.6. The fraction of sp³-hybridized carbons (Fsp3) is 0.216. The number of hydrogen-bond donors (Lipinski definition) is 3. The quantitative estimate of drug-likeness (QED) is 0.155. The van der Waals surface area contributed by atoms with Gasteiger partial charge in [0.25, 0.3) is 5.91 Å². The molecule has 5 aromatic rings. The second-order valence-electron chi connectivity index (χ2n) is 11.1. The van der Waals surface area contributed by atoms with Crippen LogP contribution in [0.4, 0.5) is 4.79 Å². The van der Waals surface area contributed by atoms with Crippen molar-refractivity contribution < 1.29 is 33.3 Å². The van der Waals surface area contributed by atoms with Crippen LogP contribution in [-0.2, 0) is 32.1 Å². The molecule has 0 saturated carbocycles. The van der Waals surface area contributed by atoms with Gasteiger partial charge in [-0.2, -0.15) is 0 Å². The topological polar surface area (TPSA) is 128 Å². The first-order chi connectivity index (χ1) is 22.9. The molecule has 4 aromatic carbocycles. The number of likely N-dealkylation sites (N-methyl/N-ethyl adjacent to an activating group) is 1. The van der Waals surface area contributed by atoms with Gasteiger partial charge in [-0.1, -0.05) is 66.7 Å². The lowest BCUT2D eigenvalue weighted by molar-refractivity contribution is -0.147. The van der Waals surface area contributed by atoms with E-state index in [9.17, 15) is 14.4 Å². The summed E-state index contributed by atoms with van der Waals surface area (Å²) < 4.78 is 22.4. The molecule has 0 bridgehead atoms. The highest BCUT2D eigenvalue weighted by Gasteiger charge is 2.30. The standard InChI is InChI=1S/C37H35N3O7/c1-38-35(41)22-45-25-16-15-23(34(18-25)44-2)20-46-36(42)33(17-24-19-39-32-14-8-7-9-26(24)32)40-37(43)47-21-31-29-12-5-3-10-27(29)28-11-4-6-13-30(28)31/h3-16,18-19,31,33,39H,17,20-22H2,1-2H3,(H,38,41)(H,40,43)/t33-/m0/s1. The summed E-state index contributed by atoms with van der Waals surface area (Å²) in [6, 6.07) is 27.9. The number of esters is 1. The van der Waals surface area contributed by atoms with Gasteiger partial charge in [-0.25, -0.2) is 9.59 Å². The number of rotatable bonds is 12. The van der Waals surface area contributed by atoms with Crippen molar-refractivity contribution >= 4 is 28.9 Å². The monoisotopic (exact) mass is 633 g/mol. The number of nitrogens with one attached hydrogen (secondary N) is 3. The zero-order valence-electron chi connectivity index (χ0n) is 26.1. The first-order valence-corrected chi connectivity index (χ1v) is 15.3. The molecule has 0 fully saturated rings. The van der Waals surface area contributed by atoms with Crippen molar-refractivity contribution in [3.05, 3.63) is 119 Å². The van der Waals surface area contributed by atoms with Crippen molar-refractivity contribution in [2.45, 2.75) is 25.0 Å². The number of carbonyl (C=O) groups is 3. The number of benzene rings is 4. The summed E-state index contributed by atoms with van der Waals surface area (Å²) in [5.74, 6) is -0.180. The lowest BCUT2D eigenvalue weighted by Gasteiger charge is -2.20. The minimum atomic E-state index is -1.04. The van der Waals surface area contributed by atoms with E-state index >= 15 is 0 Å². The van der Waals surface area contributed by atoms with Crippen molar-refractivity contribution in [1.82, 2.24) is 15.6 Å². The predicted octanol–water partition coefficient (Wildman–Crippen LogP) is 5.49. The third kappa shape index (κ3) is 6.91. The molecule has 0 spiro atoms. The molecular weight excluding hydrogens is 598 g/mol. The normalized spacial score (nSPS) is 12.5. The van der Waals surface area contributed by atoms with E-state index in [2.05, 4.69) is 27.8 Å². The van der Waals surface area contributed by atoms with Crippen LogP contribution in [0.15, 0.2) is 97.2 Å². The van der Waals surface area contributed by atoms with Crippen LogP contribution in [0.3, 0.4) is 0 Å². The zero-order chi connectivity index (χ0) is 32.8. The molecule has 0 saturated heterocycles. The minimum Gasteiger partial charge on any atom is -0.496 e. The van der Waals surface area contributed by atoms with E-state index in [4.69, 9.17) is 18.9 Å². The highest BCUT2D eigenvalue weighted by molar-refractivity contribution is 5.86. The van der Waals surface area contributed by atoms with E-state index in [0.29, 0.717) is 17.1 Å². The Labute approximate surface area is 272 Å². The Morgan fingerprint density at radius 2 is 1.55 bits per heavy atom. The molecule has 3 N–H and O–H groups in total. The molecule has 1 heterocycles. The first-order valence-electron chi connectivity index (χ1n) is 15.3. The summed E-state index contributed by atoms with van der Waals surface area (Å²) in [7, 11) is 3.01. The van der Waals surface area contributed by atoms with Crippen molar-refractivity contribution in [3.63, 3.8) is 0 Å². The smallest absolute Gasteiger partial charge is 0.407 e. The number of ether oxygens (including phenoxy) is 4. The summed E-state index contributed by atoms with van der Waals surface area (Å²) >= 11 is 0. The SMILES string of the molecule is CNC(=O)COc1ccc(COC(=O)[C@H](Cc2c[nH]c3ccccc23)NC(=O)OCC2c3ccccc3-c3ccccc32)c(OC)c1. The lowest BCUT2D eigenvalue weighted by atomic mass is 9.98. The molecule has 0 unspecified atom stereocenters. The van der Waals surface area contributed by atoms with Crippen molar-refractivity contribution in [2.75, 3.05) is 27.4 Å². The minimum absolute atomic E-state index is 0.111. The molecule has 1 aliphatic rings. The Balaban J connectivity index is 1.16.